The van der Waals surface area contributed by atoms with Crippen molar-refractivity contribution in [3.8, 4) is 0 Å². The van der Waals surface area contributed by atoms with Gasteiger partial charge in [-0.3, -0.25) is 0 Å². The lowest BCUT2D eigenvalue weighted by Gasteiger charge is -2.28. The second kappa shape index (κ2) is 7.24. The molecule has 2 aliphatic rings. The molecule has 2 aliphatic heterocycles. The summed E-state index contributed by atoms with van der Waals surface area (Å²) in [4.78, 5) is 15.8. The highest BCUT2D eigenvalue weighted by molar-refractivity contribution is 7.99. The van der Waals surface area contributed by atoms with E-state index in [0.717, 1.165) is 63.6 Å². The molecule has 1 aromatic rings. The van der Waals surface area contributed by atoms with Crippen LogP contribution in [-0.2, 0) is 9.47 Å². The number of ether oxygens (including phenoxy) is 2. The first kappa shape index (κ1) is 14.8. The Bertz CT molecular complexity index is 466. The molecule has 0 spiro atoms. The second-order valence-electron chi connectivity index (χ2n) is 5.05. The van der Waals surface area contributed by atoms with Gasteiger partial charge in [-0.15, -0.1) is 0 Å². The second-order valence-corrected chi connectivity index (χ2v) is 6.31. The third-order valence-electron chi connectivity index (χ3n) is 3.31. The topological polar surface area (TPSA) is 72.4 Å². The van der Waals surface area contributed by atoms with Crippen molar-refractivity contribution in [1.29, 1.82) is 0 Å². The smallest absolute Gasteiger partial charge is 0.231 e. The van der Waals surface area contributed by atoms with Crippen LogP contribution in [0, 0.1) is 0 Å². The molecule has 2 saturated heterocycles. The fourth-order valence-electron chi connectivity index (χ4n) is 2.05. The van der Waals surface area contributed by atoms with Gasteiger partial charge in [0.25, 0.3) is 0 Å². The monoisotopic (exact) mass is 311 g/mol. The largest absolute Gasteiger partial charge is 0.379 e. The molecular formula is C13H21N5O2S. The number of nitrogens with zero attached hydrogens (tertiary/aromatic N) is 4. The van der Waals surface area contributed by atoms with Crippen molar-refractivity contribution in [2.45, 2.75) is 23.8 Å². The van der Waals surface area contributed by atoms with Crippen LogP contribution in [0.2, 0.25) is 0 Å². The van der Waals surface area contributed by atoms with Gasteiger partial charge >= 0.3 is 0 Å². The minimum absolute atomic E-state index is 0.462. The predicted molar refractivity (Wildman–Crippen MR) is 82.1 cm³/mol. The molecule has 21 heavy (non-hydrogen) atoms. The van der Waals surface area contributed by atoms with Crippen LogP contribution < -0.4 is 10.2 Å². The molecule has 0 aromatic carbocycles. The first-order valence-corrected chi connectivity index (χ1v) is 8.30. The molecule has 0 atom stereocenters. The quantitative estimate of drug-likeness (QED) is 0.835. The number of hydrogen-bond acceptors (Lipinski definition) is 8. The number of hydrogen-bond donors (Lipinski definition) is 1. The summed E-state index contributed by atoms with van der Waals surface area (Å²) < 4.78 is 10.6. The third kappa shape index (κ3) is 3.96. The average molecular weight is 311 g/mol. The average Bonchev–Trinajstić information content (AvgIpc) is 2.50. The summed E-state index contributed by atoms with van der Waals surface area (Å²) in [5.41, 5.74) is 0. The molecule has 116 valence electrons. The minimum atomic E-state index is 0.462. The fourth-order valence-corrected chi connectivity index (χ4v) is 2.95. The summed E-state index contributed by atoms with van der Waals surface area (Å²) in [7, 11) is 0. The van der Waals surface area contributed by atoms with Crippen LogP contribution in [0.1, 0.15) is 13.3 Å². The molecular weight excluding hydrogens is 290 g/mol. The van der Waals surface area contributed by atoms with Crippen molar-refractivity contribution in [3.05, 3.63) is 0 Å². The number of thioether (sulfide) groups is 1. The van der Waals surface area contributed by atoms with E-state index in [2.05, 4.69) is 32.1 Å². The Kier molecular flexibility index (Phi) is 5.10. The standard InChI is InChI=1S/C13H21N5O2S/c1-2-3-14-11-15-12(18-4-6-19-7-5-18)17-13(16-11)21-10-8-20-9-10/h10H,2-9H2,1H3,(H,14,15,16,17). The molecule has 1 N–H and O–H groups in total. The SMILES string of the molecule is CCCNc1nc(SC2COC2)nc(N2CCOCC2)n1. The van der Waals surface area contributed by atoms with Gasteiger partial charge in [-0.1, -0.05) is 18.7 Å². The Balaban J connectivity index is 1.76. The molecule has 2 fully saturated rings. The summed E-state index contributed by atoms with van der Waals surface area (Å²) in [6.07, 6.45) is 1.04. The summed E-state index contributed by atoms with van der Waals surface area (Å²) in [6, 6.07) is 0. The van der Waals surface area contributed by atoms with E-state index >= 15 is 0 Å². The molecule has 0 bridgehead atoms. The Morgan fingerprint density at radius 1 is 1.19 bits per heavy atom. The van der Waals surface area contributed by atoms with Crippen LogP contribution in [0.3, 0.4) is 0 Å². The van der Waals surface area contributed by atoms with Crippen molar-refractivity contribution in [2.24, 2.45) is 0 Å². The van der Waals surface area contributed by atoms with Gasteiger partial charge in [0.2, 0.25) is 11.9 Å². The zero-order chi connectivity index (χ0) is 14.5. The lowest BCUT2D eigenvalue weighted by atomic mass is 10.4. The van der Waals surface area contributed by atoms with Crippen LogP contribution in [0.4, 0.5) is 11.9 Å². The summed E-state index contributed by atoms with van der Waals surface area (Å²) in [5, 5.41) is 4.50. The zero-order valence-electron chi connectivity index (χ0n) is 12.2. The molecule has 8 heteroatoms. The zero-order valence-corrected chi connectivity index (χ0v) is 13.1. The van der Waals surface area contributed by atoms with Crippen molar-refractivity contribution < 1.29 is 9.47 Å². The van der Waals surface area contributed by atoms with Crippen LogP contribution in [-0.4, -0.2) is 66.3 Å². The molecule has 7 nitrogen and oxygen atoms in total. The first-order chi connectivity index (χ1) is 10.3. The van der Waals surface area contributed by atoms with E-state index < -0.39 is 0 Å². The van der Waals surface area contributed by atoms with Gasteiger partial charge in [-0.2, -0.15) is 15.0 Å². The lowest BCUT2D eigenvalue weighted by Crippen LogP contribution is -2.37. The maximum atomic E-state index is 5.39. The van der Waals surface area contributed by atoms with Gasteiger partial charge in [0.05, 0.1) is 31.7 Å². The Morgan fingerprint density at radius 2 is 2.00 bits per heavy atom. The van der Waals surface area contributed by atoms with Crippen LogP contribution >= 0.6 is 11.8 Å². The lowest BCUT2D eigenvalue weighted by molar-refractivity contribution is 0.0454. The van der Waals surface area contributed by atoms with Crippen molar-refractivity contribution in [2.75, 3.05) is 56.3 Å². The summed E-state index contributed by atoms with van der Waals surface area (Å²) in [5.74, 6) is 1.41. The molecule has 0 unspecified atom stereocenters. The van der Waals surface area contributed by atoms with E-state index in [1.54, 1.807) is 11.8 Å². The normalized spacial score (nSPS) is 19.4. The molecule has 0 aliphatic carbocycles. The first-order valence-electron chi connectivity index (χ1n) is 7.42. The third-order valence-corrected chi connectivity index (χ3v) is 4.31. The fraction of sp³-hybridized carbons (Fsp3) is 0.769. The van der Waals surface area contributed by atoms with Gasteiger partial charge < -0.3 is 19.7 Å². The molecule has 0 radical (unpaired) electrons. The highest BCUT2D eigenvalue weighted by Crippen LogP contribution is 2.27. The van der Waals surface area contributed by atoms with Crippen molar-refractivity contribution in [3.63, 3.8) is 0 Å². The van der Waals surface area contributed by atoms with E-state index in [4.69, 9.17) is 9.47 Å². The molecule has 0 amide bonds. The summed E-state index contributed by atoms with van der Waals surface area (Å²) >= 11 is 1.67. The van der Waals surface area contributed by atoms with Gasteiger partial charge in [0.15, 0.2) is 5.16 Å². The van der Waals surface area contributed by atoms with Crippen molar-refractivity contribution >= 4 is 23.7 Å². The number of morpholine rings is 1. The predicted octanol–water partition coefficient (Wildman–Crippen LogP) is 1.02. The maximum absolute atomic E-state index is 5.39. The van der Waals surface area contributed by atoms with E-state index in [0.29, 0.717) is 11.2 Å². The minimum Gasteiger partial charge on any atom is -0.379 e. The highest BCUT2D eigenvalue weighted by Gasteiger charge is 2.23. The van der Waals surface area contributed by atoms with E-state index in [1.165, 1.54) is 0 Å². The highest BCUT2D eigenvalue weighted by atomic mass is 32.2. The number of rotatable bonds is 6. The van der Waals surface area contributed by atoms with Gasteiger partial charge in [0, 0.05) is 19.6 Å². The van der Waals surface area contributed by atoms with Crippen LogP contribution in [0.25, 0.3) is 0 Å². The van der Waals surface area contributed by atoms with E-state index in [-0.39, 0.29) is 0 Å². The Hall–Kier alpha value is -1.12. The van der Waals surface area contributed by atoms with Gasteiger partial charge in [0.1, 0.15) is 0 Å². The maximum Gasteiger partial charge on any atom is 0.231 e. The molecule has 1 aromatic heterocycles. The number of anilines is 2. The molecule has 0 saturated carbocycles. The van der Waals surface area contributed by atoms with E-state index in [1.807, 2.05) is 0 Å². The number of aromatic nitrogens is 3. The Morgan fingerprint density at radius 3 is 2.67 bits per heavy atom. The Labute approximate surface area is 128 Å². The van der Waals surface area contributed by atoms with Crippen LogP contribution in [0.15, 0.2) is 5.16 Å². The molecule has 3 rings (SSSR count). The van der Waals surface area contributed by atoms with Crippen molar-refractivity contribution in [1.82, 2.24) is 15.0 Å². The summed E-state index contributed by atoms with van der Waals surface area (Å²) in [6.45, 7) is 7.65. The number of nitrogens with one attached hydrogen (secondary N) is 1. The van der Waals surface area contributed by atoms with Gasteiger partial charge in [-0.25, -0.2) is 0 Å². The van der Waals surface area contributed by atoms with Gasteiger partial charge in [-0.05, 0) is 6.42 Å². The van der Waals surface area contributed by atoms with Crippen LogP contribution in [0.5, 0.6) is 0 Å². The molecule has 3 heterocycles. The van der Waals surface area contributed by atoms with E-state index in [9.17, 15) is 0 Å².